The van der Waals surface area contributed by atoms with Crippen molar-refractivity contribution in [1.29, 1.82) is 0 Å². The lowest BCUT2D eigenvalue weighted by Crippen LogP contribution is -2.48. The fraction of sp³-hybridized carbons (Fsp3) is 0.952. The van der Waals surface area contributed by atoms with Crippen LogP contribution in [0.4, 0.5) is 4.79 Å². The summed E-state index contributed by atoms with van der Waals surface area (Å²) in [7, 11) is 0. The molecule has 2 saturated heterocycles. The predicted molar refractivity (Wildman–Crippen MR) is 105 cm³/mol. The van der Waals surface area contributed by atoms with Crippen LogP contribution in [0.2, 0.25) is 0 Å². The van der Waals surface area contributed by atoms with Gasteiger partial charge in [-0.05, 0) is 84.2 Å². The second-order valence-corrected chi connectivity index (χ2v) is 9.81. The van der Waals surface area contributed by atoms with Crippen LogP contribution < -0.4 is 5.32 Å². The molecule has 0 spiro atoms. The zero-order valence-corrected chi connectivity index (χ0v) is 17.3. The Morgan fingerprint density at radius 1 is 1.00 bits per heavy atom. The molecule has 5 heteroatoms. The number of hydrogen-bond donors (Lipinski definition) is 1. The van der Waals surface area contributed by atoms with Gasteiger partial charge in [0, 0.05) is 31.7 Å². The molecule has 2 aliphatic heterocycles. The molecule has 3 rings (SSSR count). The van der Waals surface area contributed by atoms with Crippen LogP contribution in [0.1, 0.15) is 66.2 Å². The van der Waals surface area contributed by atoms with Crippen LogP contribution in [0, 0.1) is 11.8 Å². The highest BCUT2D eigenvalue weighted by Crippen LogP contribution is 2.30. The van der Waals surface area contributed by atoms with Gasteiger partial charge in [0.1, 0.15) is 5.60 Å². The van der Waals surface area contributed by atoms with E-state index in [9.17, 15) is 4.79 Å². The topological polar surface area (TPSA) is 44.8 Å². The SMILES string of the molecule is CC1CCN(C(=O)OC(C)(C)C)CCC1NC1CCN(CC2CC2)CC1. The van der Waals surface area contributed by atoms with E-state index in [1.54, 1.807) is 0 Å². The van der Waals surface area contributed by atoms with Gasteiger partial charge in [-0.2, -0.15) is 0 Å². The Hall–Kier alpha value is -0.810. The first-order valence-electron chi connectivity index (χ1n) is 10.8. The van der Waals surface area contributed by atoms with Crippen LogP contribution in [0.15, 0.2) is 0 Å². The number of nitrogens with zero attached hydrogens (tertiary/aromatic N) is 2. The average molecular weight is 366 g/mol. The van der Waals surface area contributed by atoms with Crippen molar-refractivity contribution in [3.05, 3.63) is 0 Å². The van der Waals surface area contributed by atoms with E-state index in [0.29, 0.717) is 18.0 Å². The molecule has 0 aromatic heterocycles. The van der Waals surface area contributed by atoms with Crippen molar-refractivity contribution in [1.82, 2.24) is 15.1 Å². The van der Waals surface area contributed by atoms with Gasteiger partial charge in [-0.1, -0.05) is 6.92 Å². The molecule has 0 aromatic rings. The van der Waals surface area contributed by atoms with Gasteiger partial charge in [0.15, 0.2) is 0 Å². The van der Waals surface area contributed by atoms with E-state index < -0.39 is 5.60 Å². The molecule has 2 heterocycles. The fourth-order valence-electron chi connectivity index (χ4n) is 4.26. The predicted octanol–water partition coefficient (Wildman–Crippen LogP) is 3.49. The lowest BCUT2D eigenvalue weighted by Gasteiger charge is -2.35. The Labute approximate surface area is 159 Å². The van der Waals surface area contributed by atoms with Gasteiger partial charge in [-0.25, -0.2) is 4.79 Å². The molecule has 2 atom stereocenters. The lowest BCUT2D eigenvalue weighted by atomic mass is 9.94. The van der Waals surface area contributed by atoms with Gasteiger partial charge in [-0.15, -0.1) is 0 Å². The minimum atomic E-state index is -0.416. The number of nitrogens with one attached hydrogen (secondary N) is 1. The van der Waals surface area contributed by atoms with Crippen molar-refractivity contribution in [2.75, 3.05) is 32.7 Å². The molecule has 0 aromatic carbocycles. The van der Waals surface area contributed by atoms with Crippen LogP contribution in [-0.4, -0.2) is 66.3 Å². The summed E-state index contributed by atoms with van der Waals surface area (Å²) in [6.07, 6.45) is 7.37. The molecule has 2 unspecified atom stereocenters. The molecule has 5 nitrogen and oxygen atoms in total. The second kappa shape index (κ2) is 8.47. The third kappa shape index (κ3) is 6.12. The molecule has 1 saturated carbocycles. The van der Waals surface area contributed by atoms with Gasteiger partial charge < -0.3 is 19.9 Å². The molecule has 1 aliphatic carbocycles. The van der Waals surface area contributed by atoms with E-state index in [4.69, 9.17) is 4.74 Å². The zero-order chi connectivity index (χ0) is 18.7. The number of piperidine rings is 1. The van der Waals surface area contributed by atoms with E-state index in [1.165, 1.54) is 45.3 Å². The van der Waals surface area contributed by atoms with Crippen LogP contribution in [0.5, 0.6) is 0 Å². The third-order valence-corrected chi connectivity index (χ3v) is 6.15. The summed E-state index contributed by atoms with van der Waals surface area (Å²) >= 11 is 0. The van der Waals surface area contributed by atoms with Gasteiger partial charge in [0.25, 0.3) is 0 Å². The maximum absolute atomic E-state index is 12.4. The summed E-state index contributed by atoms with van der Waals surface area (Å²) in [5.41, 5.74) is -0.416. The van der Waals surface area contributed by atoms with Gasteiger partial charge in [0.05, 0.1) is 0 Å². The Morgan fingerprint density at radius 2 is 1.65 bits per heavy atom. The van der Waals surface area contributed by atoms with Crippen molar-refractivity contribution in [3.8, 4) is 0 Å². The van der Waals surface area contributed by atoms with Crippen LogP contribution in [-0.2, 0) is 4.74 Å². The lowest BCUT2D eigenvalue weighted by molar-refractivity contribution is 0.0255. The van der Waals surface area contributed by atoms with Crippen molar-refractivity contribution in [3.63, 3.8) is 0 Å². The van der Waals surface area contributed by atoms with E-state index in [2.05, 4.69) is 17.1 Å². The summed E-state index contributed by atoms with van der Waals surface area (Å²) in [6, 6.07) is 1.16. The average Bonchev–Trinajstić information content (AvgIpc) is 3.38. The number of likely N-dealkylation sites (tertiary alicyclic amines) is 2. The summed E-state index contributed by atoms with van der Waals surface area (Å²) < 4.78 is 5.56. The highest BCUT2D eigenvalue weighted by molar-refractivity contribution is 5.68. The fourth-order valence-corrected chi connectivity index (χ4v) is 4.26. The van der Waals surface area contributed by atoms with E-state index in [1.807, 2.05) is 25.7 Å². The number of carbonyl (C=O) groups is 1. The Kier molecular flexibility index (Phi) is 6.50. The molecular formula is C21H39N3O2. The quantitative estimate of drug-likeness (QED) is 0.828. The summed E-state index contributed by atoms with van der Waals surface area (Å²) in [6.45, 7) is 13.6. The van der Waals surface area contributed by atoms with E-state index in [-0.39, 0.29) is 6.09 Å². The van der Waals surface area contributed by atoms with Crippen LogP contribution in [0.3, 0.4) is 0 Å². The molecule has 3 aliphatic rings. The summed E-state index contributed by atoms with van der Waals surface area (Å²) in [5.74, 6) is 1.60. The highest BCUT2D eigenvalue weighted by atomic mass is 16.6. The van der Waals surface area contributed by atoms with Crippen molar-refractivity contribution < 1.29 is 9.53 Å². The van der Waals surface area contributed by atoms with Gasteiger partial charge in [-0.3, -0.25) is 0 Å². The summed E-state index contributed by atoms with van der Waals surface area (Å²) in [4.78, 5) is 16.9. The molecule has 0 radical (unpaired) electrons. The minimum absolute atomic E-state index is 0.154. The van der Waals surface area contributed by atoms with E-state index >= 15 is 0 Å². The number of carbonyl (C=O) groups excluding carboxylic acids is 1. The first-order chi connectivity index (χ1) is 12.3. The molecule has 0 bridgehead atoms. The molecule has 3 fully saturated rings. The van der Waals surface area contributed by atoms with Crippen LogP contribution in [0.25, 0.3) is 0 Å². The second-order valence-electron chi connectivity index (χ2n) is 9.81. The van der Waals surface area contributed by atoms with Gasteiger partial charge >= 0.3 is 6.09 Å². The normalized spacial score (nSPS) is 29.5. The van der Waals surface area contributed by atoms with Gasteiger partial charge in [0.2, 0.25) is 0 Å². The van der Waals surface area contributed by atoms with Crippen LogP contribution >= 0.6 is 0 Å². The number of rotatable bonds is 4. The molecule has 26 heavy (non-hydrogen) atoms. The monoisotopic (exact) mass is 365 g/mol. The molecular weight excluding hydrogens is 326 g/mol. The smallest absolute Gasteiger partial charge is 0.410 e. The zero-order valence-electron chi connectivity index (χ0n) is 17.3. The standard InChI is InChI=1S/C21H39N3O2/c1-16-7-13-24(20(25)26-21(2,3)4)14-10-19(16)22-18-8-11-23(12-9-18)15-17-5-6-17/h16-19,22H,5-15H2,1-4H3. The Morgan fingerprint density at radius 3 is 2.27 bits per heavy atom. The van der Waals surface area contributed by atoms with E-state index in [0.717, 1.165) is 31.8 Å². The molecule has 1 N–H and O–H groups in total. The minimum Gasteiger partial charge on any atom is -0.444 e. The summed E-state index contributed by atoms with van der Waals surface area (Å²) in [5, 5.41) is 3.94. The maximum atomic E-state index is 12.4. The van der Waals surface area contributed by atoms with Crippen molar-refractivity contribution in [2.24, 2.45) is 11.8 Å². The number of amides is 1. The first kappa shape index (κ1) is 19.9. The Bertz CT molecular complexity index is 464. The maximum Gasteiger partial charge on any atom is 0.410 e. The highest BCUT2D eigenvalue weighted by Gasteiger charge is 2.31. The van der Waals surface area contributed by atoms with Crippen molar-refractivity contribution >= 4 is 6.09 Å². The molecule has 150 valence electrons. The third-order valence-electron chi connectivity index (χ3n) is 6.15. The number of hydrogen-bond acceptors (Lipinski definition) is 4. The number of ether oxygens (including phenoxy) is 1. The largest absolute Gasteiger partial charge is 0.444 e. The first-order valence-corrected chi connectivity index (χ1v) is 10.8. The molecule has 1 amide bonds. The Balaban J connectivity index is 1.43. The van der Waals surface area contributed by atoms with Crippen molar-refractivity contribution in [2.45, 2.75) is 83.9 Å².